The zero-order valence-corrected chi connectivity index (χ0v) is 5.12. The van der Waals surface area contributed by atoms with Crippen LogP contribution < -0.4 is 5.34 Å². The summed E-state index contributed by atoms with van der Waals surface area (Å²) in [5.74, 6) is -0.492. The lowest BCUT2D eigenvalue weighted by atomic mass is 10.7. The van der Waals surface area contributed by atoms with Crippen molar-refractivity contribution in [2.75, 3.05) is 7.05 Å². The minimum atomic E-state index is -1.08. The van der Waals surface area contributed by atoms with Crippen molar-refractivity contribution in [3.63, 3.8) is 0 Å². The first-order chi connectivity index (χ1) is 4.09. The Kier molecular flexibility index (Phi) is 3.10. The summed E-state index contributed by atoms with van der Waals surface area (Å²) < 4.78 is 0. The fourth-order valence-corrected chi connectivity index (χ4v) is 0.190. The summed E-state index contributed by atoms with van der Waals surface area (Å²) in [5, 5.41) is 17.5. The van der Waals surface area contributed by atoms with E-state index in [0.29, 0.717) is 5.01 Å². The molecule has 0 spiro atoms. The van der Waals surface area contributed by atoms with Crippen LogP contribution in [0.3, 0.4) is 0 Å². The average Bonchev–Trinajstić information content (AvgIpc) is 1.84. The van der Waals surface area contributed by atoms with Gasteiger partial charge in [-0.05, 0) is 4.99 Å². The minimum Gasteiger partial charge on any atom is -0.571 e. The van der Waals surface area contributed by atoms with Crippen molar-refractivity contribution in [1.82, 2.24) is 5.01 Å². The van der Waals surface area contributed by atoms with Gasteiger partial charge in [-0.2, -0.15) is 10.3 Å². The first-order valence-electron chi connectivity index (χ1n) is 2.19. The van der Waals surface area contributed by atoms with Crippen LogP contribution in [0.5, 0.6) is 0 Å². The Bertz CT molecular complexity index is 106. The van der Waals surface area contributed by atoms with Gasteiger partial charge in [0.05, 0.1) is 7.05 Å². The molecule has 1 unspecified atom stereocenters. The third-order valence-electron chi connectivity index (χ3n) is 0.824. The first kappa shape index (κ1) is 8.31. The number of nitrogens with one attached hydrogen (secondary N) is 1. The van der Waals surface area contributed by atoms with Gasteiger partial charge in [0.2, 0.25) is 0 Å². The van der Waals surface area contributed by atoms with Crippen LogP contribution in [0.15, 0.2) is 0 Å². The highest BCUT2D eigenvalue weighted by molar-refractivity contribution is 5.71. The molecule has 0 bridgehead atoms. The zero-order valence-electron chi connectivity index (χ0n) is 5.12. The van der Waals surface area contributed by atoms with E-state index < -0.39 is 11.2 Å². The van der Waals surface area contributed by atoms with Crippen molar-refractivity contribution in [2.45, 2.75) is 6.92 Å². The van der Waals surface area contributed by atoms with Crippen molar-refractivity contribution in [3.05, 3.63) is 5.21 Å². The highest BCUT2D eigenvalue weighted by Gasteiger charge is 2.08. The van der Waals surface area contributed by atoms with Crippen molar-refractivity contribution in [1.29, 1.82) is 0 Å². The van der Waals surface area contributed by atoms with E-state index in [-0.39, 0.29) is 0 Å². The molecule has 0 saturated carbocycles. The third kappa shape index (κ3) is 2.38. The van der Waals surface area contributed by atoms with Gasteiger partial charge < -0.3 is 5.21 Å². The van der Waals surface area contributed by atoms with E-state index in [1.54, 1.807) is 0 Å². The standard InChI is InChI=1S/C3H8N2O4/c1-3(6)4(2)5(7)9-8/h5,8H,1-2H3. The van der Waals surface area contributed by atoms with Crippen LogP contribution in [-0.2, 0) is 9.78 Å². The van der Waals surface area contributed by atoms with Crippen molar-refractivity contribution in [3.8, 4) is 0 Å². The van der Waals surface area contributed by atoms with Gasteiger partial charge in [-0.3, -0.25) is 4.79 Å². The van der Waals surface area contributed by atoms with Crippen LogP contribution in [0.4, 0.5) is 0 Å². The maximum atomic E-state index is 10.3. The number of carbonyl (C=O) groups is 1. The fourth-order valence-electron chi connectivity index (χ4n) is 0.190. The van der Waals surface area contributed by atoms with Crippen molar-refractivity contribution in [2.24, 2.45) is 0 Å². The number of quaternary nitrogens is 1. The Labute approximate surface area is 51.7 Å². The number of rotatable bonds is 2. The summed E-state index contributed by atoms with van der Waals surface area (Å²) in [4.78, 5) is 13.5. The molecule has 2 N–H and O–H groups in total. The SMILES string of the molecule is CC(=O)N(C)[NH+]([O-])OO. The van der Waals surface area contributed by atoms with Crippen LogP contribution in [0, 0.1) is 5.21 Å². The Balaban J connectivity index is 3.72. The molecular formula is C3H8N2O4. The molecule has 6 heteroatoms. The van der Waals surface area contributed by atoms with Crippen LogP contribution in [0.2, 0.25) is 0 Å². The molecule has 9 heavy (non-hydrogen) atoms. The number of hydrogen-bond donors (Lipinski definition) is 2. The lowest BCUT2D eigenvalue weighted by Crippen LogP contribution is -3.12. The average molecular weight is 136 g/mol. The van der Waals surface area contributed by atoms with Gasteiger partial charge in [-0.1, -0.05) is 5.34 Å². The van der Waals surface area contributed by atoms with Crippen LogP contribution in [0.1, 0.15) is 6.92 Å². The second-order valence-electron chi connectivity index (χ2n) is 1.44. The second kappa shape index (κ2) is 3.36. The Morgan fingerprint density at radius 3 is 2.44 bits per heavy atom. The second-order valence-corrected chi connectivity index (χ2v) is 1.44. The molecule has 1 amide bonds. The zero-order chi connectivity index (χ0) is 7.44. The summed E-state index contributed by atoms with van der Waals surface area (Å²) in [6, 6.07) is 0. The molecule has 0 rings (SSSR count). The predicted molar refractivity (Wildman–Crippen MR) is 26.5 cm³/mol. The molecule has 0 aliphatic carbocycles. The third-order valence-corrected chi connectivity index (χ3v) is 0.824. The first-order valence-corrected chi connectivity index (χ1v) is 2.19. The predicted octanol–water partition coefficient (Wildman–Crippen LogP) is -1.83. The maximum absolute atomic E-state index is 10.3. The normalized spacial score (nSPS) is 12.9. The molecule has 0 saturated heterocycles. The van der Waals surface area contributed by atoms with E-state index in [0.717, 1.165) is 0 Å². The molecule has 0 aromatic rings. The van der Waals surface area contributed by atoms with Crippen LogP contribution >= 0.6 is 0 Å². The van der Waals surface area contributed by atoms with Crippen LogP contribution in [0.25, 0.3) is 0 Å². The summed E-state index contributed by atoms with van der Waals surface area (Å²) in [6.07, 6.45) is 0. The summed E-state index contributed by atoms with van der Waals surface area (Å²) in [7, 11) is 1.20. The molecule has 0 fully saturated rings. The minimum absolute atomic E-state index is 0.492. The Morgan fingerprint density at radius 2 is 2.33 bits per heavy atom. The summed E-state index contributed by atoms with van der Waals surface area (Å²) in [5.41, 5.74) is 0. The number of nitrogens with zero attached hydrogens (tertiary/aromatic N) is 1. The van der Waals surface area contributed by atoms with Crippen molar-refractivity contribution < 1.29 is 20.4 Å². The van der Waals surface area contributed by atoms with Gasteiger partial charge in [0.15, 0.2) is 0 Å². The van der Waals surface area contributed by atoms with Gasteiger partial charge in [-0.15, -0.1) is 0 Å². The van der Waals surface area contributed by atoms with E-state index in [1.807, 2.05) is 0 Å². The van der Waals surface area contributed by atoms with Gasteiger partial charge >= 0.3 is 0 Å². The molecule has 0 aliphatic heterocycles. The highest BCUT2D eigenvalue weighted by Crippen LogP contribution is 1.67. The molecule has 6 nitrogen and oxygen atoms in total. The molecule has 1 atom stereocenters. The topological polar surface area (TPSA) is 77.3 Å². The Hall–Kier alpha value is -0.690. The quantitative estimate of drug-likeness (QED) is 0.345. The molecule has 0 aromatic carbocycles. The number of carbonyl (C=O) groups excluding carboxylic acids is 1. The summed E-state index contributed by atoms with van der Waals surface area (Å²) in [6.45, 7) is 1.18. The molecule has 0 radical (unpaired) electrons. The number of hydrogen-bond acceptors (Lipinski definition) is 4. The molecule has 54 valence electrons. The molecular weight excluding hydrogens is 128 g/mol. The van der Waals surface area contributed by atoms with E-state index >= 15 is 0 Å². The molecule has 0 aliphatic rings. The number of amides is 1. The van der Waals surface area contributed by atoms with E-state index in [9.17, 15) is 10.0 Å². The monoisotopic (exact) mass is 136 g/mol. The van der Waals surface area contributed by atoms with Crippen LogP contribution in [-0.4, -0.2) is 23.2 Å². The maximum Gasteiger partial charge on any atom is 0.267 e. The largest absolute Gasteiger partial charge is 0.571 e. The van der Waals surface area contributed by atoms with Gasteiger partial charge in [0.1, 0.15) is 0 Å². The molecule has 0 aromatic heterocycles. The van der Waals surface area contributed by atoms with E-state index in [1.165, 1.54) is 14.0 Å². The fraction of sp³-hybridized carbons (Fsp3) is 0.667. The van der Waals surface area contributed by atoms with E-state index in [4.69, 9.17) is 5.26 Å². The van der Waals surface area contributed by atoms with E-state index in [2.05, 4.69) is 4.99 Å². The van der Waals surface area contributed by atoms with Crippen molar-refractivity contribution >= 4 is 5.91 Å². The lowest BCUT2D eigenvalue weighted by Gasteiger charge is -2.22. The van der Waals surface area contributed by atoms with Gasteiger partial charge in [0.25, 0.3) is 5.91 Å². The van der Waals surface area contributed by atoms with Gasteiger partial charge in [-0.25, -0.2) is 0 Å². The van der Waals surface area contributed by atoms with Gasteiger partial charge in [0, 0.05) is 6.92 Å². The smallest absolute Gasteiger partial charge is 0.267 e. The summed E-state index contributed by atoms with van der Waals surface area (Å²) >= 11 is 0. The Morgan fingerprint density at radius 1 is 1.89 bits per heavy atom. The highest BCUT2D eigenvalue weighted by atomic mass is 17.3. The molecule has 0 heterocycles. The lowest BCUT2D eigenvalue weighted by molar-refractivity contribution is -1.18.